The van der Waals surface area contributed by atoms with Crippen molar-refractivity contribution in [2.45, 2.75) is 57.3 Å². The summed E-state index contributed by atoms with van der Waals surface area (Å²) in [6.45, 7) is 5.32. The SMILES string of the molecule is Cc1cc(C)n2nc(CCCNc3ccc(S(=O)(=O)N4CCCCCC4)cc3[N+](=O)[O-])cc2n1. The molecule has 0 unspecified atom stereocenters. The summed E-state index contributed by atoms with van der Waals surface area (Å²) in [6.07, 6.45) is 5.00. The quantitative estimate of drug-likeness (QED) is 0.291. The first kappa shape index (κ1) is 24.1. The van der Waals surface area contributed by atoms with Crippen molar-refractivity contribution in [3.05, 3.63) is 57.5 Å². The molecule has 4 rings (SSSR count). The molecule has 0 radical (unpaired) electrons. The maximum atomic E-state index is 13.0. The van der Waals surface area contributed by atoms with Gasteiger partial charge in [-0.2, -0.15) is 9.40 Å². The molecule has 11 heteroatoms. The predicted molar refractivity (Wildman–Crippen MR) is 130 cm³/mol. The number of nitrogens with zero attached hydrogens (tertiary/aromatic N) is 5. The lowest BCUT2D eigenvalue weighted by Gasteiger charge is -2.20. The summed E-state index contributed by atoms with van der Waals surface area (Å²) >= 11 is 0. The van der Waals surface area contributed by atoms with E-state index < -0.39 is 14.9 Å². The highest BCUT2D eigenvalue weighted by Crippen LogP contribution is 2.30. The topological polar surface area (TPSA) is 123 Å². The normalized spacial score (nSPS) is 15.4. The second-order valence-electron chi connectivity index (χ2n) is 8.73. The van der Waals surface area contributed by atoms with Gasteiger partial charge in [0.25, 0.3) is 5.69 Å². The molecule has 2 aromatic heterocycles. The molecular formula is C23H30N6O4S. The minimum absolute atomic E-state index is 0.0329. The second kappa shape index (κ2) is 10.1. The van der Waals surface area contributed by atoms with Crippen LogP contribution in [0.1, 0.15) is 49.2 Å². The van der Waals surface area contributed by atoms with Crippen molar-refractivity contribution in [3.8, 4) is 0 Å². The Morgan fingerprint density at radius 2 is 1.82 bits per heavy atom. The van der Waals surface area contributed by atoms with Crippen LogP contribution in [0, 0.1) is 24.0 Å². The molecule has 182 valence electrons. The number of nitrogens with one attached hydrogen (secondary N) is 1. The number of aryl methyl sites for hydroxylation is 3. The number of rotatable bonds is 8. The number of anilines is 1. The fourth-order valence-electron chi connectivity index (χ4n) is 4.35. The zero-order chi connectivity index (χ0) is 24.3. The number of fused-ring (bicyclic) bond motifs is 1. The standard InChI is InChI=1S/C23H30N6O4S/c1-17-14-18(2)28-23(25-17)15-19(26-28)8-7-11-24-21-10-9-20(16-22(21)29(30)31)34(32,33)27-12-5-3-4-6-13-27/h9-10,14-16,24H,3-8,11-13H2,1-2H3. The summed E-state index contributed by atoms with van der Waals surface area (Å²) in [5.41, 5.74) is 3.72. The first-order valence-corrected chi connectivity index (χ1v) is 13.0. The van der Waals surface area contributed by atoms with Gasteiger partial charge < -0.3 is 5.32 Å². The molecule has 1 saturated heterocycles. The Bertz CT molecular complexity index is 1300. The largest absolute Gasteiger partial charge is 0.379 e. The number of hydrogen-bond acceptors (Lipinski definition) is 7. The van der Waals surface area contributed by atoms with Crippen LogP contribution in [0.2, 0.25) is 0 Å². The molecule has 0 atom stereocenters. The van der Waals surface area contributed by atoms with Crippen molar-refractivity contribution < 1.29 is 13.3 Å². The summed E-state index contributed by atoms with van der Waals surface area (Å²) in [4.78, 5) is 15.6. The van der Waals surface area contributed by atoms with Gasteiger partial charge in [0, 0.05) is 43.2 Å². The predicted octanol–water partition coefficient (Wildman–Crippen LogP) is 3.86. The summed E-state index contributed by atoms with van der Waals surface area (Å²) in [6, 6.07) is 8.03. The highest BCUT2D eigenvalue weighted by Gasteiger charge is 2.28. The zero-order valence-electron chi connectivity index (χ0n) is 19.5. The average molecular weight is 487 g/mol. The van der Waals surface area contributed by atoms with Crippen LogP contribution >= 0.6 is 0 Å². The first-order valence-electron chi connectivity index (χ1n) is 11.6. The van der Waals surface area contributed by atoms with Gasteiger partial charge in [-0.25, -0.2) is 17.9 Å². The molecule has 0 amide bonds. The smallest absolute Gasteiger partial charge is 0.293 e. The van der Waals surface area contributed by atoms with Crippen LogP contribution < -0.4 is 5.32 Å². The molecule has 1 aromatic carbocycles. The Kier molecular flexibility index (Phi) is 7.13. The number of nitro benzene ring substituents is 1. The first-order chi connectivity index (χ1) is 16.3. The third kappa shape index (κ3) is 5.20. The number of hydrogen-bond donors (Lipinski definition) is 1. The number of aromatic nitrogens is 3. The van der Waals surface area contributed by atoms with E-state index in [1.807, 2.05) is 30.5 Å². The van der Waals surface area contributed by atoms with Gasteiger partial charge in [0.1, 0.15) is 5.69 Å². The monoisotopic (exact) mass is 486 g/mol. The van der Waals surface area contributed by atoms with Crippen molar-refractivity contribution in [1.82, 2.24) is 18.9 Å². The van der Waals surface area contributed by atoms with Crippen molar-refractivity contribution in [2.24, 2.45) is 0 Å². The van der Waals surface area contributed by atoms with Gasteiger partial charge in [-0.05, 0) is 57.7 Å². The summed E-state index contributed by atoms with van der Waals surface area (Å²) in [5, 5.41) is 19.3. The van der Waals surface area contributed by atoms with E-state index in [2.05, 4.69) is 15.4 Å². The lowest BCUT2D eigenvalue weighted by atomic mass is 10.2. The van der Waals surface area contributed by atoms with Crippen LogP contribution in [0.25, 0.3) is 5.65 Å². The zero-order valence-corrected chi connectivity index (χ0v) is 20.3. The van der Waals surface area contributed by atoms with Crippen LogP contribution in [0.15, 0.2) is 35.2 Å². The van der Waals surface area contributed by atoms with Gasteiger partial charge in [0.2, 0.25) is 10.0 Å². The van der Waals surface area contributed by atoms with Crippen molar-refractivity contribution in [1.29, 1.82) is 0 Å². The molecule has 0 saturated carbocycles. The van der Waals surface area contributed by atoms with Gasteiger partial charge in [-0.15, -0.1) is 0 Å². The number of nitro groups is 1. The van der Waals surface area contributed by atoms with E-state index in [9.17, 15) is 18.5 Å². The average Bonchev–Trinajstić information content (AvgIpc) is 3.00. The van der Waals surface area contributed by atoms with Gasteiger partial charge in [-0.1, -0.05) is 12.8 Å². The van der Waals surface area contributed by atoms with E-state index in [-0.39, 0.29) is 10.6 Å². The van der Waals surface area contributed by atoms with E-state index in [0.717, 1.165) is 48.4 Å². The van der Waals surface area contributed by atoms with E-state index in [1.165, 1.54) is 22.5 Å². The molecule has 1 N–H and O–H groups in total. The highest BCUT2D eigenvalue weighted by atomic mass is 32.2. The molecule has 34 heavy (non-hydrogen) atoms. The molecule has 3 heterocycles. The molecule has 1 aliphatic rings. The van der Waals surface area contributed by atoms with E-state index in [4.69, 9.17) is 0 Å². The molecule has 1 aliphatic heterocycles. The van der Waals surface area contributed by atoms with Crippen molar-refractivity contribution in [3.63, 3.8) is 0 Å². The Morgan fingerprint density at radius 3 is 2.53 bits per heavy atom. The van der Waals surface area contributed by atoms with Crippen LogP contribution in [0.3, 0.4) is 0 Å². The van der Waals surface area contributed by atoms with Crippen LogP contribution in [0.5, 0.6) is 0 Å². The minimum atomic E-state index is -3.75. The van der Waals surface area contributed by atoms with E-state index in [1.54, 1.807) is 0 Å². The summed E-state index contributed by atoms with van der Waals surface area (Å²) < 4.78 is 29.3. The summed E-state index contributed by atoms with van der Waals surface area (Å²) in [5.74, 6) is 0. The van der Waals surface area contributed by atoms with E-state index >= 15 is 0 Å². The Balaban J connectivity index is 1.43. The highest BCUT2D eigenvalue weighted by molar-refractivity contribution is 7.89. The van der Waals surface area contributed by atoms with Crippen LogP contribution in [-0.4, -0.2) is 51.9 Å². The molecule has 10 nitrogen and oxygen atoms in total. The van der Waals surface area contributed by atoms with Gasteiger partial charge in [0.05, 0.1) is 15.5 Å². The Hall–Kier alpha value is -3.05. The third-order valence-electron chi connectivity index (χ3n) is 6.08. The third-order valence-corrected chi connectivity index (χ3v) is 7.97. The van der Waals surface area contributed by atoms with Gasteiger partial charge >= 0.3 is 0 Å². The van der Waals surface area contributed by atoms with Gasteiger partial charge in [-0.3, -0.25) is 10.1 Å². The molecule has 1 fully saturated rings. The molecule has 3 aromatic rings. The van der Waals surface area contributed by atoms with Gasteiger partial charge in [0.15, 0.2) is 5.65 Å². The lowest BCUT2D eigenvalue weighted by Crippen LogP contribution is -2.32. The maximum absolute atomic E-state index is 13.0. The van der Waals surface area contributed by atoms with Crippen molar-refractivity contribution >= 4 is 27.0 Å². The number of sulfonamides is 1. The Labute approximate surface area is 199 Å². The second-order valence-corrected chi connectivity index (χ2v) is 10.7. The minimum Gasteiger partial charge on any atom is -0.379 e. The maximum Gasteiger partial charge on any atom is 0.293 e. The van der Waals surface area contributed by atoms with Crippen LogP contribution in [0.4, 0.5) is 11.4 Å². The van der Waals surface area contributed by atoms with Crippen molar-refractivity contribution in [2.75, 3.05) is 25.0 Å². The molecule has 0 bridgehead atoms. The summed E-state index contributed by atoms with van der Waals surface area (Å²) in [7, 11) is -3.75. The number of benzene rings is 1. The van der Waals surface area contributed by atoms with E-state index in [0.29, 0.717) is 38.2 Å². The fourth-order valence-corrected chi connectivity index (χ4v) is 5.89. The molecule has 0 spiro atoms. The van der Waals surface area contributed by atoms with Crippen LogP contribution in [-0.2, 0) is 16.4 Å². The lowest BCUT2D eigenvalue weighted by molar-refractivity contribution is -0.384. The Morgan fingerprint density at radius 1 is 1.09 bits per heavy atom. The molecular weight excluding hydrogens is 456 g/mol. The fraction of sp³-hybridized carbons (Fsp3) is 0.478. The molecule has 0 aliphatic carbocycles.